The molecule has 0 bridgehead atoms. The third-order valence-electron chi connectivity index (χ3n) is 6.08. The smallest absolute Gasteiger partial charge is 0.243 e. The molecule has 4 rings (SSSR count). The first kappa shape index (κ1) is 24.6. The highest BCUT2D eigenvalue weighted by Crippen LogP contribution is 2.14. The van der Waals surface area contributed by atoms with E-state index in [2.05, 4.69) is 50.4 Å². The monoisotopic (exact) mass is 470 g/mol. The topological polar surface area (TPSA) is 57.7 Å². The van der Waals surface area contributed by atoms with Gasteiger partial charge in [-0.25, -0.2) is 0 Å². The van der Waals surface area contributed by atoms with Crippen LogP contribution < -0.4 is 10.1 Å². The van der Waals surface area contributed by atoms with E-state index in [0.29, 0.717) is 13.2 Å². The Balaban J connectivity index is 1.08. The van der Waals surface area contributed by atoms with Crippen molar-refractivity contribution in [3.8, 4) is 5.75 Å². The fraction of sp³-hybridized carbons (Fsp3) is 0.310. The highest BCUT2D eigenvalue weighted by molar-refractivity contribution is 5.91. The zero-order valence-corrected chi connectivity index (χ0v) is 20.2. The Morgan fingerprint density at radius 2 is 1.66 bits per heavy atom. The van der Waals surface area contributed by atoms with Gasteiger partial charge in [0, 0.05) is 51.5 Å². The third kappa shape index (κ3) is 8.67. The van der Waals surface area contributed by atoms with E-state index >= 15 is 0 Å². The summed E-state index contributed by atoms with van der Waals surface area (Å²) in [4.78, 5) is 21.4. The van der Waals surface area contributed by atoms with Gasteiger partial charge in [-0.2, -0.15) is 0 Å². The maximum absolute atomic E-state index is 12.2. The molecule has 2 heterocycles. The van der Waals surface area contributed by atoms with Crippen molar-refractivity contribution in [3.63, 3.8) is 0 Å². The standard InChI is InChI=1S/C29H34N4O2/c34-29(15-12-25-10-13-28(14-11-25)35-24-27-9-4-5-16-30-27)31-17-6-18-32-19-21-33(22-20-32)23-26-7-2-1-3-8-26/h1-5,7-16H,6,17-24H2,(H,31,34)/b15-12+. The first-order valence-electron chi connectivity index (χ1n) is 12.3. The van der Waals surface area contributed by atoms with Crippen LogP contribution in [0.5, 0.6) is 5.75 Å². The number of nitrogens with zero attached hydrogens (tertiary/aromatic N) is 3. The average Bonchev–Trinajstić information content (AvgIpc) is 2.91. The molecule has 1 aliphatic heterocycles. The minimum atomic E-state index is -0.0619. The van der Waals surface area contributed by atoms with Gasteiger partial charge in [-0.05, 0) is 54.4 Å². The van der Waals surface area contributed by atoms with Crippen LogP contribution in [0.4, 0.5) is 0 Å². The van der Waals surface area contributed by atoms with Crippen LogP contribution in [-0.2, 0) is 17.9 Å². The van der Waals surface area contributed by atoms with Crippen molar-refractivity contribution >= 4 is 12.0 Å². The summed E-state index contributed by atoms with van der Waals surface area (Å²) in [5.41, 5.74) is 3.22. The number of aromatic nitrogens is 1. The lowest BCUT2D eigenvalue weighted by Gasteiger charge is -2.34. The Labute approximate surface area is 208 Å². The number of hydrogen-bond donors (Lipinski definition) is 1. The summed E-state index contributed by atoms with van der Waals surface area (Å²) in [5, 5.41) is 2.99. The number of carbonyl (C=O) groups excluding carboxylic acids is 1. The quantitative estimate of drug-likeness (QED) is 0.339. The Hall–Kier alpha value is -3.48. The maximum Gasteiger partial charge on any atom is 0.243 e. The molecule has 1 fully saturated rings. The molecular formula is C29H34N4O2. The van der Waals surface area contributed by atoms with E-state index in [0.717, 1.165) is 62.7 Å². The SMILES string of the molecule is O=C(/C=C/c1ccc(OCc2ccccn2)cc1)NCCCN1CCN(Cc2ccccc2)CC1. The molecule has 1 saturated heterocycles. The lowest BCUT2D eigenvalue weighted by atomic mass is 10.2. The van der Waals surface area contributed by atoms with E-state index in [1.165, 1.54) is 5.56 Å². The molecule has 2 aromatic carbocycles. The van der Waals surface area contributed by atoms with Crippen LogP contribution in [-0.4, -0.2) is 60.0 Å². The van der Waals surface area contributed by atoms with Crippen LogP contribution >= 0.6 is 0 Å². The van der Waals surface area contributed by atoms with Gasteiger partial charge in [0.2, 0.25) is 5.91 Å². The second-order valence-corrected chi connectivity index (χ2v) is 8.76. The molecule has 3 aromatic rings. The normalized spacial score (nSPS) is 14.7. The summed E-state index contributed by atoms with van der Waals surface area (Å²) in [5.74, 6) is 0.714. The molecule has 1 aromatic heterocycles. The van der Waals surface area contributed by atoms with Crippen molar-refractivity contribution in [2.24, 2.45) is 0 Å². The Bertz CT molecular complexity index is 1050. The molecule has 35 heavy (non-hydrogen) atoms. The minimum Gasteiger partial charge on any atom is -0.487 e. The Morgan fingerprint density at radius 1 is 0.914 bits per heavy atom. The molecule has 0 atom stereocenters. The van der Waals surface area contributed by atoms with Crippen molar-refractivity contribution in [3.05, 3.63) is 102 Å². The van der Waals surface area contributed by atoms with Gasteiger partial charge in [0.25, 0.3) is 0 Å². The fourth-order valence-electron chi connectivity index (χ4n) is 4.07. The molecule has 182 valence electrons. The molecule has 0 unspecified atom stereocenters. The third-order valence-corrected chi connectivity index (χ3v) is 6.08. The van der Waals surface area contributed by atoms with Gasteiger partial charge in [0.05, 0.1) is 5.69 Å². The molecule has 1 amide bonds. The van der Waals surface area contributed by atoms with Crippen molar-refractivity contribution in [1.29, 1.82) is 0 Å². The molecule has 1 aliphatic rings. The van der Waals surface area contributed by atoms with Crippen LogP contribution in [0, 0.1) is 0 Å². The van der Waals surface area contributed by atoms with Gasteiger partial charge in [0.1, 0.15) is 12.4 Å². The van der Waals surface area contributed by atoms with Crippen molar-refractivity contribution in [1.82, 2.24) is 20.1 Å². The van der Waals surface area contributed by atoms with E-state index < -0.39 is 0 Å². The van der Waals surface area contributed by atoms with Gasteiger partial charge in [0.15, 0.2) is 0 Å². The van der Waals surface area contributed by atoms with Crippen LogP contribution in [0.2, 0.25) is 0 Å². The molecule has 0 saturated carbocycles. The predicted octanol–water partition coefficient (Wildman–Crippen LogP) is 4.00. The average molecular weight is 471 g/mol. The van der Waals surface area contributed by atoms with E-state index in [1.807, 2.05) is 48.5 Å². The summed E-state index contributed by atoms with van der Waals surface area (Å²) < 4.78 is 5.75. The minimum absolute atomic E-state index is 0.0619. The van der Waals surface area contributed by atoms with E-state index in [4.69, 9.17) is 4.74 Å². The number of pyridine rings is 1. The lowest BCUT2D eigenvalue weighted by molar-refractivity contribution is -0.116. The largest absolute Gasteiger partial charge is 0.487 e. The van der Waals surface area contributed by atoms with Crippen LogP contribution in [0.3, 0.4) is 0 Å². The molecule has 1 N–H and O–H groups in total. The van der Waals surface area contributed by atoms with Gasteiger partial charge in [-0.1, -0.05) is 48.5 Å². The van der Waals surface area contributed by atoms with E-state index in [1.54, 1.807) is 12.3 Å². The highest BCUT2D eigenvalue weighted by atomic mass is 16.5. The molecule has 6 nitrogen and oxygen atoms in total. The second-order valence-electron chi connectivity index (χ2n) is 8.76. The van der Waals surface area contributed by atoms with Gasteiger partial charge in [-0.15, -0.1) is 0 Å². The number of carbonyl (C=O) groups is 1. The van der Waals surface area contributed by atoms with Crippen molar-refractivity contribution < 1.29 is 9.53 Å². The first-order valence-corrected chi connectivity index (χ1v) is 12.3. The number of piperazine rings is 1. The lowest BCUT2D eigenvalue weighted by Crippen LogP contribution is -2.46. The number of rotatable bonds is 11. The van der Waals surface area contributed by atoms with Gasteiger partial charge >= 0.3 is 0 Å². The summed E-state index contributed by atoms with van der Waals surface area (Å²) in [6, 6.07) is 24.1. The summed E-state index contributed by atoms with van der Waals surface area (Å²) in [7, 11) is 0. The fourth-order valence-corrected chi connectivity index (χ4v) is 4.07. The predicted molar refractivity (Wildman–Crippen MR) is 140 cm³/mol. The summed E-state index contributed by atoms with van der Waals surface area (Å²) >= 11 is 0. The number of benzene rings is 2. The summed E-state index contributed by atoms with van der Waals surface area (Å²) in [6.45, 7) is 7.52. The molecule has 0 aliphatic carbocycles. The van der Waals surface area contributed by atoms with E-state index in [-0.39, 0.29) is 5.91 Å². The van der Waals surface area contributed by atoms with Crippen molar-refractivity contribution in [2.75, 3.05) is 39.3 Å². The zero-order valence-electron chi connectivity index (χ0n) is 20.2. The van der Waals surface area contributed by atoms with E-state index in [9.17, 15) is 4.79 Å². The first-order chi connectivity index (χ1) is 17.2. The second kappa shape index (κ2) is 13.4. The number of nitrogens with one attached hydrogen (secondary N) is 1. The Kier molecular flexibility index (Phi) is 9.45. The van der Waals surface area contributed by atoms with Crippen LogP contribution in [0.1, 0.15) is 23.2 Å². The van der Waals surface area contributed by atoms with Crippen LogP contribution in [0.15, 0.2) is 85.1 Å². The summed E-state index contributed by atoms with van der Waals surface area (Å²) in [6.07, 6.45) is 6.13. The van der Waals surface area contributed by atoms with Gasteiger partial charge in [-0.3, -0.25) is 14.7 Å². The van der Waals surface area contributed by atoms with Crippen LogP contribution in [0.25, 0.3) is 6.08 Å². The molecule has 0 spiro atoms. The highest BCUT2D eigenvalue weighted by Gasteiger charge is 2.16. The number of hydrogen-bond acceptors (Lipinski definition) is 5. The Morgan fingerprint density at radius 3 is 2.40 bits per heavy atom. The van der Waals surface area contributed by atoms with Crippen molar-refractivity contribution in [2.45, 2.75) is 19.6 Å². The molecule has 0 radical (unpaired) electrons. The zero-order chi connectivity index (χ0) is 24.1. The molecular weight excluding hydrogens is 436 g/mol. The maximum atomic E-state index is 12.2. The van der Waals surface area contributed by atoms with Gasteiger partial charge < -0.3 is 15.0 Å². The number of ether oxygens (including phenoxy) is 1. The number of amides is 1. The molecule has 6 heteroatoms.